The molecule has 30 heavy (non-hydrogen) atoms. The average Bonchev–Trinajstić information content (AvgIpc) is 2.77. The lowest BCUT2D eigenvalue weighted by Gasteiger charge is -2.13. The van der Waals surface area contributed by atoms with Gasteiger partial charge in [0, 0.05) is 17.7 Å². The van der Waals surface area contributed by atoms with Gasteiger partial charge in [-0.15, -0.1) is 0 Å². The Balaban J connectivity index is 2.07. The summed E-state index contributed by atoms with van der Waals surface area (Å²) in [5.41, 5.74) is 0.395. The molecule has 7 heteroatoms. The molecule has 162 valence electrons. The van der Waals surface area contributed by atoms with Crippen LogP contribution in [-0.2, 0) is 14.2 Å². The number of carbonyl (C=O) groups excluding carboxylic acids is 1. The second kappa shape index (κ2) is 12.0. The monoisotopic (exact) mass is 420 g/mol. The number of ketones is 1. The van der Waals surface area contributed by atoms with Crippen LogP contribution in [0.4, 0.5) is 8.78 Å². The lowest BCUT2D eigenvalue weighted by molar-refractivity contribution is 0.0364. The van der Waals surface area contributed by atoms with Crippen LogP contribution in [0.25, 0.3) is 5.76 Å². The zero-order valence-electron chi connectivity index (χ0n) is 17.2. The summed E-state index contributed by atoms with van der Waals surface area (Å²) in [6, 6.07) is 8.38. The summed E-state index contributed by atoms with van der Waals surface area (Å²) in [7, 11) is 1.48. The average molecular weight is 420 g/mol. The van der Waals surface area contributed by atoms with E-state index in [-0.39, 0.29) is 24.5 Å². The molecule has 0 aliphatic carbocycles. The van der Waals surface area contributed by atoms with E-state index in [1.54, 1.807) is 12.1 Å². The SMILES string of the molecule is C=C(OC)c1ccc(C(=O)c2c(OCCOCCOCCC)ccc(F)c2F)cc1. The fraction of sp³-hybridized carbons (Fsp3) is 0.348. The Bertz CT molecular complexity index is 849. The van der Waals surface area contributed by atoms with E-state index in [9.17, 15) is 13.6 Å². The Labute approximate surface area is 175 Å². The Kier molecular flexibility index (Phi) is 9.44. The van der Waals surface area contributed by atoms with Gasteiger partial charge in [-0.2, -0.15) is 0 Å². The van der Waals surface area contributed by atoms with Gasteiger partial charge in [-0.05, 0) is 18.6 Å². The molecule has 0 aromatic heterocycles. The fourth-order valence-corrected chi connectivity index (χ4v) is 2.61. The van der Waals surface area contributed by atoms with Crippen molar-refractivity contribution in [1.82, 2.24) is 0 Å². The Morgan fingerprint density at radius 2 is 1.50 bits per heavy atom. The van der Waals surface area contributed by atoms with E-state index in [1.807, 2.05) is 6.92 Å². The van der Waals surface area contributed by atoms with E-state index in [4.69, 9.17) is 18.9 Å². The maximum absolute atomic E-state index is 14.5. The standard InChI is InChI=1S/C23H26F2O5/c1-4-11-28-12-13-29-14-15-30-20-10-9-19(24)22(25)21(20)23(26)18-7-5-17(6-8-18)16(2)27-3/h5-10H,2,4,11-15H2,1,3H3. The van der Waals surface area contributed by atoms with Crippen LogP contribution in [-0.4, -0.2) is 45.9 Å². The van der Waals surface area contributed by atoms with Crippen molar-refractivity contribution in [3.63, 3.8) is 0 Å². The normalized spacial score (nSPS) is 10.7. The van der Waals surface area contributed by atoms with Crippen molar-refractivity contribution in [3.8, 4) is 5.75 Å². The Morgan fingerprint density at radius 3 is 2.13 bits per heavy atom. The van der Waals surface area contributed by atoms with E-state index < -0.39 is 23.0 Å². The smallest absolute Gasteiger partial charge is 0.199 e. The zero-order chi connectivity index (χ0) is 21.9. The van der Waals surface area contributed by atoms with Crippen LogP contribution >= 0.6 is 0 Å². The van der Waals surface area contributed by atoms with Crippen LogP contribution < -0.4 is 4.74 Å². The molecule has 0 saturated carbocycles. The molecule has 0 unspecified atom stereocenters. The molecule has 0 fully saturated rings. The molecule has 0 bridgehead atoms. The molecule has 0 heterocycles. The molecular weight excluding hydrogens is 394 g/mol. The summed E-state index contributed by atoms with van der Waals surface area (Å²) in [6.07, 6.45) is 0.930. The minimum atomic E-state index is -1.25. The molecule has 5 nitrogen and oxygen atoms in total. The first kappa shape index (κ1) is 23.5. The predicted octanol–water partition coefficient (Wildman–Crippen LogP) is 4.63. The molecule has 0 aliphatic rings. The molecule has 2 aromatic carbocycles. The highest BCUT2D eigenvalue weighted by Gasteiger charge is 2.23. The molecule has 0 atom stereocenters. The number of methoxy groups -OCH3 is 1. The third-order valence-corrected chi connectivity index (χ3v) is 4.20. The number of ether oxygens (including phenoxy) is 4. The van der Waals surface area contributed by atoms with Crippen molar-refractivity contribution in [2.75, 3.05) is 40.1 Å². The van der Waals surface area contributed by atoms with Gasteiger partial charge in [0.2, 0.25) is 0 Å². The molecule has 0 amide bonds. The van der Waals surface area contributed by atoms with E-state index in [0.29, 0.717) is 31.1 Å². The second-order valence-electron chi connectivity index (χ2n) is 6.34. The molecule has 0 saturated heterocycles. The van der Waals surface area contributed by atoms with Gasteiger partial charge < -0.3 is 18.9 Å². The minimum Gasteiger partial charge on any atom is -0.497 e. The van der Waals surface area contributed by atoms with Crippen molar-refractivity contribution < 1.29 is 32.5 Å². The van der Waals surface area contributed by atoms with E-state index in [2.05, 4.69) is 6.58 Å². The Hall–Kier alpha value is -2.77. The highest BCUT2D eigenvalue weighted by Crippen LogP contribution is 2.27. The quantitative estimate of drug-likeness (QED) is 0.269. The van der Waals surface area contributed by atoms with Crippen molar-refractivity contribution >= 4 is 11.5 Å². The van der Waals surface area contributed by atoms with E-state index in [0.717, 1.165) is 12.5 Å². The number of halogens is 2. The zero-order valence-corrected chi connectivity index (χ0v) is 17.2. The third-order valence-electron chi connectivity index (χ3n) is 4.20. The van der Waals surface area contributed by atoms with Crippen molar-refractivity contribution in [1.29, 1.82) is 0 Å². The number of carbonyl (C=O) groups is 1. The molecule has 0 aliphatic heterocycles. The van der Waals surface area contributed by atoms with E-state index >= 15 is 0 Å². The number of hydrogen-bond donors (Lipinski definition) is 0. The number of benzene rings is 2. The molecule has 2 rings (SSSR count). The van der Waals surface area contributed by atoms with Crippen LogP contribution in [0.2, 0.25) is 0 Å². The molecule has 0 spiro atoms. The molecule has 2 aromatic rings. The summed E-state index contributed by atoms with van der Waals surface area (Å²) in [5.74, 6) is -2.69. The summed E-state index contributed by atoms with van der Waals surface area (Å²) in [5, 5.41) is 0. The summed E-state index contributed by atoms with van der Waals surface area (Å²) < 4.78 is 49.4. The van der Waals surface area contributed by atoms with Crippen molar-refractivity contribution in [2.45, 2.75) is 13.3 Å². The van der Waals surface area contributed by atoms with Crippen LogP contribution in [0, 0.1) is 11.6 Å². The summed E-state index contributed by atoms with van der Waals surface area (Å²) in [6.45, 7) is 7.57. The maximum atomic E-state index is 14.5. The van der Waals surface area contributed by atoms with Gasteiger partial charge in [0.05, 0.1) is 26.9 Å². The second-order valence-corrected chi connectivity index (χ2v) is 6.34. The third kappa shape index (κ3) is 6.37. The first-order valence-corrected chi connectivity index (χ1v) is 9.63. The highest BCUT2D eigenvalue weighted by molar-refractivity contribution is 6.11. The first-order chi connectivity index (χ1) is 14.5. The molecular formula is C23H26F2O5. The predicted molar refractivity (Wildman–Crippen MR) is 110 cm³/mol. The minimum absolute atomic E-state index is 0.0462. The number of hydrogen-bond acceptors (Lipinski definition) is 5. The van der Waals surface area contributed by atoms with Crippen molar-refractivity contribution in [3.05, 3.63) is 71.3 Å². The van der Waals surface area contributed by atoms with Gasteiger partial charge in [-0.3, -0.25) is 4.79 Å². The van der Waals surface area contributed by atoms with Crippen LogP contribution in [0.1, 0.15) is 34.8 Å². The van der Waals surface area contributed by atoms with Gasteiger partial charge >= 0.3 is 0 Å². The van der Waals surface area contributed by atoms with Crippen LogP contribution in [0.5, 0.6) is 5.75 Å². The van der Waals surface area contributed by atoms with Gasteiger partial charge in [0.1, 0.15) is 23.7 Å². The lowest BCUT2D eigenvalue weighted by Crippen LogP contribution is -2.14. The fourth-order valence-electron chi connectivity index (χ4n) is 2.61. The lowest BCUT2D eigenvalue weighted by atomic mass is 10.00. The maximum Gasteiger partial charge on any atom is 0.199 e. The van der Waals surface area contributed by atoms with Crippen LogP contribution in [0.3, 0.4) is 0 Å². The first-order valence-electron chi connectivity index (χ1n) is 9.63. The Morgan fingerprint density at radius 1 is 0.900 bits per heavy atom. The van der Waals surface area contributed by atoms with E-state index in [1.165, 1.54) is 25.3 Å². The largest absolute Gasteiger partial charge is 0.497 e. The number of rotatable bonds is 13. The summed E-state index contributed by atoms with van der Waals surface area (Å²) in [4.78, 5) is 12.8. The van der Waals surface area contributed by atoms with Gasteiger partial charge in [-0.1, -0.05) is 37.8 Å². The van der Waals surface area contributed by atoms with Gasteiger partial charge in [-0.25, -0.2) is 8.78 Å². The van der Waals surface area contributed by atoms with Gasteiger partial charge in [0.15, 0.2) is 17.4 Å². The summed E-state index contributed by atoms with van der Waals surface area (Å²) >= 11 is 0. The van der Waals surface area contributed by atoms with Gasteiger partial charge in [0.25, 0.3) is 0 Å². The highest BCUT2D eigenvalue weighted by atomic mass is 19.2. The molecule has 0 N–H and O–H groups in total. The van der Waals surface area contributed by atoms with Crippen LogP contribution in [0.15, 0.2) is 43.0 Å². The molecule has 0 radical (unpaired) electrons. The van der Waals surface area contributed by atoms with Crippen molar-refractivity contribution in [2.24, 2.45) is 0 Å². The topological polar surface area (TPSA) is 54.0 Å².